The Morgan fingerprint density at radius 3 is 2.62 bits per heavy atom. The van der Waals surface area contributed by atoms with Gasteiger partial charge in [0.2, 0.25) is 0 Å². The molecule has 5 heteroatoms. The third-order valence-corrected chi connectivity index (χ3v) is 8.80. The first-order valence-electron chi connectivity index (χ1n) is 10.9. The molecule has 3 aromatic carbocycles. The van der Waals surface area contributed by atoms with Gasteiger partial charge >= 0.3 is 196 Å². The van der Waals surface area contributed by atoms with Crippen LogP contribution in [0.1, 0.15) is 26.7 Å². The van der Waals surface area contributed by atoms with Crippen LogP contribution in [0.25, 0.3) is 10.8 Å². The number of hydrogen-bond donors (Lipinski definition) is 1. The molecule has 0 radical (unpaired) electrons. The Balaban J connectivity index is 1.50. The normalized spacial score (nSPS) is 25.2. The van der Waals surface area contributed by atoms with Crippen molar-refractivity contribution < 1.29 is 14.3 Å². The molecule has 3 aromatic rings. The van der Waals surface area contributed by atoms with E-state index in [4.69, 9.17) is 9.47 Å². The van der Waals surface area contributed by atoms with Gasteiger partial charge in [0.25, 0.3) is 0 Å². The fourth-order valence-electron chi connectivity index (χ4n) is 4.17. The molecule has 166 valence electrons. The summed E-state index contributed by atoms with van der Waals surface area (Å²) in [7, 11) is 0. The van der Waals surface area contributed by atoms with Gasteiger partial charge in [-0.15, -0.1) is 0 Å². The van der Waals surface area contributed by atoms with Crippen molar-refractivity contribution in [1.82, 2.24) is 0 Å². The van der Waals surface area contributed by atoms with Gasteiger partial charge in [0.05, 0.1) is 0 Å². The predicted molar refractivity (Wildman–Crippen MR) is 132 cm³/mol. The Bertz CT molecular complexity index is 1100. The molecule has 4 rings (SSSR count). The van der Waals surface area contributed by atoms with Gasteiger partial charge in [0.1, 0.15) is 0 Å². The van der Waals surface area contributed by atoms with Crippen molar-refractivity contribution in [3.8, 4) is 0 Å². The first-order valence-corrected chi connectivity index (χ1v) is 12.9. The van der Waals surface area contributed by atoms with Gasteiger partial charge in [-0.05, 0) is 0 Å². The quantitative estimate of drug-likeness (QED) is 0.352. The number of rotatable bonds is 6. The van der Waals surface area contributed by atoms with Crippen molar-refractivity contribution in [3.05, 3.63) is 85.5 Å². The Kier molecular flexibility index (Phi) is 6.71. The molecule has 1 saturated heterocycles. The molecule has 1 unspecified atom stereocenters. The summed E-state index contributed by atoms with van der Waals surface area (Å²) < 4.78 is 13.8. The van der Waals surface area contributed by atoms with E-state index < -0.39 is 17.3 Å². The van der Waals surface area contributed by atoms with Crippen molar-refractivity contribution in [2.75, 3.05) is 5.32 Å². The van der Waals surface area contributed by atoms with E-state index in [1.807, 2.05) is 54.6 Å². The minimum atomic E-state index is -0.590. The summed E-state index contributed by atoms with van der Waals surface area (Å²) in [6.07, 6.45) is 2.57. The van der Waals surface area contributed by atoms with Crippen LogP contribution in [0.3, 0.4) is 0 Å². The molecule has 3 atom stereocenters. The number of nitrogens with one attached hydrogen (secondary N) is 1. The molecule has 1 aliphatic heterocycles. The maximum absolute atomic E-state index is 12.9. The first kappa shape index (κ1) is 22.6. The van der Waals surface area contributed by atoms with E-state index in [0.29, 0.717) is 0 Å². The van der Waals surface area contributed by atoms with Crippen LogP contribution in [0.5, 0.6) is 0 Å². The molecule has 0 aliphatic carbocycles. The second kappa shape index (κ2) is 9.50. The second-order valence-electron chi connectivity index (χ2n) is 8.62. The molecular formula is C27H29NO3Se. The number of hydrogen-bond acceptors (Lipinski definition) is 3. The van der Waals surface area contributed by atoms with Crippen molar-refractivity contribution in [2.45, 2.75) is 49.3 Å². The number of carbonyl (C=O) groups excluding carboxylic acids is 1. The van der Waals surface area contributed by atoms with Gasteiger partial charge in [0, 0.05) is 0 Å². The molecule has 4 nitrogen and oxygen atoms in total. The molecule has 0 aromatic heterocycles. The number of benzene rings is 3. The monoisotopic (exact) mass is 495 g/mol. The molecule has 1 aliphatic rings. The number of carbonyl (C=O) groups is 1. The molecule has 1 N–H and O–H groups in total. The van der Waals surface area contributed by atoms with Gasteiger partial charge in [0.15, 0.2) is 0 Å². The van der Waals surface area contributed by atoms with Crippen molar-refractivity contribution >= 4 is 42.0 Å². The average Bonchev–Trinajstić information content (AvgIpc) is 2.81. The van der Waals surface area contributed by atoms with Crippen LogP contribution in [0.15, 0.2) is 85.5 Å². The Morgan fingerprint density at radius 2 is 1.84 bits per heavy atom. The summed E-state index contributed by atoms with van der Waals surface area (Å²) >= 11 is 0.198. The van der Waals surface area contributed by atoms with Crippen LogP contribution < -0.4 is 9.78 Å². The molecule has 0 saturated carbocycles. The number of ether oxygens (including phenoxy) is 2. The zero-order valence-electron chi connectivity index (χ0n) is 18.5. The molecule has 1 heterocycles. The van der Waals surface area contributed by atoms with E-state index in [-0.39, 0.29) is 21.1 Å². The standard InChI is InChI=1S/C27H29NO3Se/c1-4-26(2)18-17-24(27(3,31-26)19-32-21-13-6-5-7-14-21)30-25(29)28-23-16-10-12-20-11-8-9-15-22(20)23/h4-16,24H,1,17-19H2,2-3H3,(H,28,29)/t24-,26+,27?/m1/s1. The fourth-order valence-corrected chi connectivity index (χ4v) is 6.37. The summed E-state index contributed by atoms with van der Waals surface area (Å²) in [4.78, 5) is 12.9. The summed E-state index contributed by atoms with van der Waals surface area (Å²) in [5.41, 5.74) is -0.267. The van der Waals surface area contributed by atoms with Crippen molar-refractivity contribution in [1.29, 1.82) is 0 Å². The minimum absolute atomic E-state index is 0.198. The molecule has 32 heavy (non-hydrogen) atoms. The molecule has 0 bridgehead atoms. The summed E-state index contributed by atoms with van der Waals surface area (Å²) in [5, 5.41) is 5.81. The fraction of sp³-hybridized carbons (Fsp3) is 0.296. The summed E-state index contributed by atoms with van der Waals surface area (Å²) in [5.74, 6) is 0. The molecule has 1 fully saturated rings. The predicted octanol–water partition coefficient (Wildman–Crippen LogP) is 5.72. The Hall–Kier alpha value is -2.59. The maximum atomic E-state index is 12.9. The topological polar surface area (TPSA) is 47.6 Å². The van der Waals surface area contributed by atoms with Crippen LogP contribution >= 0.6 is 0 Å². The number of fused-ring (bicyclic) bond motifs is 1. The van der Waals surface area contributed by atoms with Gasteiger partial charge < -0.3 is 0 Å². The zero-order chi connectivity index (χ0) is 22.6. The van der Waals surface area contributed by atoms with E-state index in [9.17, 15) is 4.79 Å². The van der Waals surface area contributed by atoms with Crippen LogP contribution in [0.4, 0.5) is 10.5 Å². The van der Waals surface area contributed by atoms with Gasteiger partial charge in [-0.1, -0.05) is 0 Å². The van der Waals surface area contributed by atoms with Crippen LogP contribution in [0, 0.1) is 0 Å². The SMILES string of the molecule is C=C[C@@]1(C)CC[C@@H](OC(=O)Nc2cccc3ccccc23)C(C)(C[Se]c2ccccc2)O1. The molecule has 1 amide bonds. The van der Waals surface area contributed by atoms with Crippen LogP contribution in [0.2, 0.25) is 5.32 Å². The third kappa shape index (κ3) is 5.07. The molecular weight excluding hydrogens is 465 g/mol. The van der Waals surface area contributed by atoms with Gasteiger partial charge in [-0.2, -0.15) is 0 Å². The van der Waals surface area contributed by atoms with E-state index in [2.05, 4.69) is 50.0 Å². The number of amides is 1. The Morgan fingerprint density at radius 1 is 1.12 bits per heavy atom. The average molecular weight is 494 g/mol. The van der Waals surface area contributed by atoms with Crippen molar-refractivity contribution in [2.24, 2.45) is 0 Å². The van der Waals surface area contributed by atoms with E-state index in [1.54, 1.807) is 0 Å². The van der Waals surface area contributed by atoms with Crippen molar-refractivity contribution in [3.63, 3.8) is 0 Å². The zero-order valence-corrected chi connectivity index (χ0v) is 20.3. The van der Waals surface area contributed by atoms with E-state index >= 15 is 0 Å². The Labute approximate surface area is 196 Å². The van der Waals surface area contributed by atoms with Crippen LogP contribution in [-0.2, 0) is 9.47 Å². The third-order valence-electron chi connectivity index (χ3n) is 6.03. The summed E-state index contributed by atoms with van der Waals surface area (Å²) in [6.45, 7) is 8.09. The van der Waals surface area contributed by atoms with Gasteiger partial charge in [-0.3, -0.25) is 0 Å². The van der Waals surface area contributed by atoms with Crippen LogP contribution in [-0.4, -0.2) is 38.4 Å². The van der Waals surface area contributed by atoms with E-state index in [0.717, 1.165) is 34.6 Å². The second-order valence-corrected chi connectivity index (χ2v) is 10.8. The molecule has 0 spiro atoms. The van der Waals surface area contributed by atoms with E-state index in [1.165, 1.54) is 4.46 Å². The first-order chi connectivity index (χ1) is 15.4. The van der Waals surface area contributed by atoms with Gasteiger partial charge in [-0.25, -0.2) is 0 Å². The summed E-state index contributed by atoms with van der Waals surface area (Å²) in [6, 6.07) is 24.3. The number of anilines is 1.